The highest BCUT2D eigenvalue weighted by molar-refractivity contribution is 7.15. The van der Waals surface area contributed by atoms with Crippen LogP contribution in [0, 0.1) is 13.8 Å². The molecule has 1 aromatic carbocycles. The van der Waals surface area contributed by atoms with Gasteiger partial charge in [-0.25, -0.2) is 4.98 Å². The maximum Gasteiger partial charge on any atom is 0.259 e. The molecule has 0 unspecified atom stereocenters. The second kappa shape index (κ2) is 8.46. The first-order valence-corrected chi connectivity index (χ1v) is 10.3. The number of nitrogens with zero attached hydrogens (tertiary/aromatic N) is 2. The molecule has 8 heteroatoms. The molecule has 0 aliphatic carbocycles. The van der Waals surface area contributed by atoms with E-state index in [9.17, 15) is 9.59 Å². The molecule has 0 atom stereocenters. The molecule has 0 saturated heterocycles. The molecule has 0 spiro atoms. The fourth-order valence-corrected chi connectivity index (χ4v) is 3.92. The second-order valence-corrected chi connectivity index (χ2v) is 8.15. The quantitative estimate of drug-likeness (QED) is 0.497. The van der Waals surface area contributed by atoms with Crippen molar-refractivity contribution in [2.24, 2.45) is 0 Å². The zero-order valence-electron chi connectivity index (χ0n) is 16.6. The number of hydrogen-bond acceptors (Lipinski definition) is 6. The minimum atomic E-state index is -0.377. The predicted molar refractivity (Wildman–Crippen MR) is 115 cm³/mol. The number of aryl methyl sites for hydroxylation is 2. The van der Waals surface area contributed by atoms with Crippen molar-refractivity contribution in [2.75, 3.05) is 6.54 Å². The van der Waals surface area contributed by atoms with E-state index in [1.54, 1.807) is 24.3 Å². The summed E-state index contributed by atoms with van der Waals surface area (Å²) in [7, 11) is 0. The standard InChI is InChI=1S/C22H20N4O3S/c1-13-8-9-18(30-13)17-10-16(20-14(2)26-29-22(20)25-17)21(28)24-12-19(27)23-11-15-6-4-3-5-7-15/h3-10H,11-12H2,1-2H3,(H,23,27)(H,24,28). The number of carbonyl (C=O) groups is 2. The molecule has 0 fully saturated rings. The average molecular weight is 420 g/mol. The fourth-order valence-electron chi connectivity index (χ4n) is 3.09. The van der Waals surface area contributed by atoms with Crippen molar-refractivity contribution in [1.82, 2.24) is 20.8 Å². The number of amides is 2. The van der Waals surface area contributed by atoms with Gasteiger partial charge in [0.25, 0.3) is 11.6 Å². The van der Waals surface area contributed by atoms with Gasteiger partial charge in [-0.3, -0.25) is 9.59 Å². The van der Waals surface area contributed by atoms with Gasteiger partial charge in [-0.15, -0.1) is 11.3 Å². The lowest BCUT2D eigenvalue weighted by atomic mass is 10.1. The topological polar surface area (TPSA) is 97.1 Å². The molecular weight excluding hydrogens is 400 g/mol. The maximum absolute atomic E-state index is 12.9. The molecule has 0 saturated carbocycles. The maximum atomic E-state index is 12.9. The van der Waals surface area contributed by atoms with Gasteiger partial charge in [0.05, 0.1) is 33.8 Å². The average Bonchev–Trinajstić information content (AvgIpc) is 3.36. The van der Waals surface area contributed by atoms with Gasteiger partial charge in [0, 0.05) is 11.4 Å². The molecule has 4 aromatic rings. The van der Waals surface area contributed by atoms with Crippen LogP contribution in [-0.4, -0.2) is 28.5 Å². The summed E-state index contributed by atoms with van der Waals surface area (Å²) in [6.07, 6.45) is 0. The SMILES string of the molecule is Cc1ccc(-c2cc(C(=O)NCC(=O)NCc3ccccc3)c3c(C)noc3n2)s1. The first kappa shape index (κ1) is 19.8. The van der Waals surface area contributed by atoms with Gasteiger partial charge in [0.2, 0.25) is 5.91 Å². The van der Waals surface area contributed by atoms with E-state index >= 15 is 0 Å². The Labute approximate surface area is 177 Å². The Kier molecular flexibility index (Phi) is 5.58. The first-order chi connectivity index (χ1) is 14.5. The van der Waals surface area contributed by atoms with Gasteiger partial charge in [-0.2, -0.15) is 0 Å². The summed E-state index contributed by atoms with van der Waals surface area (Å²) >= 11 is 1.58. The molecule has 152 valence electrons. The number of fused-ring (bicyclic) bond motifs is 1. The van der Waals surface area contributed by atoms with Gasteiger partial charge in [-0.1, -0.05) is 35.5 Å². The van der Waals surface area contributed by atoms with Gasteiger partial charge >= 0.3 is 0 Å². The van der Waals surface area contributed by atoms with Gasteiger partial charge in [0.1, 0.15) is 0 Å². The van der Waals surface area contributed by atoms with Crippen molar-refractivity contribution in [3.05, 3.63) is 70.2 Å². The number of pyridine rings is 1. The first-order valence-electron chi connectivity index (χ1n) is 9.44. The molecular formula is C22H20N4O3S. The molecule has 2 N–H and O–H groups in total. The zero-order valence-corrected chi connectivity index (χ0v) is 17.4. The molecule has 30 heavy (non-hydrogen) atoms. The second-order valence-electron chi connectivity index (χ2n) is 6.86. The van der Waals surface area contributed by atoms with Crippen molar-refractivity contribution >= 4 is 34.3 Å². The molecule has 0 aliphatic heterocycles. The van der Waals surface area contributed by atoms with Crippen LogP contribution < -0.4 is 10.6 Å². The summed E-state index contributed by atoms with van der Waals surface area (Å²) < 4.78 is 5.31. The number of benzene rings is 1. The Balaban J connectivity index is 1.50. The molecule has 0 radical (unpaired) electrons. The van der Waals surface area contributed by atoms with Crippen molar-refractivity contribution in [2.45, 2.75) is 20.4 Å². The van der Waals surface area contributed by atoms with E-state index in [1.807, 2.05) is 49.4 Å². The van der Waals surface area contributed by atoms with Crippen LogP contribution in [0.1, 0.15) is 26.5 Å². The third kappa shape index (κ3) is 4.23. The monoisotopic (exact) mass is 420 g/mol. The lowest BCUT2D eigenvalue weighted by Gasteiger charge is -2.09. The van der Waals surface area contributed by atoms with Crippen molar-refractivity contribution in [1.29, 1.82) is 0 Å². The molecule has 0 bridgehead atoms. The molecule has 2 amide bonds. The Hall–Kier alpha value is -3.52. The highest BCUT2D eigenvalue weighted by Crippen LogP contribution is 2.30. The summed E-state index contributed by atoms with van der Waals surface area (Å²) in [4.78, 5) is 31.6. The van der Waals surface area contributed by atoms with Crippen LogP contribution in [0.4, 0.5) is 0 Å². The number of rotatable bonds is 6. The fraction of sp³-hybridized carbons (Fsp3) is 0.182. The number of aromatic nitrogens is 2. The molecule has 7 nitrogen and oxygen atoms in total. The Bertz CT molecular complexity index is 1210. The largest absolute Gasteiger partial charge is 0.350 e. The lowest BCUT2D eigenvalue weighted by molar-refractivity contribution is -0.120. The Morgan fingerprint density at radius 2 is 1.87 bits per heavy atom. The van der Waals surface area contributed by atoms with Gasteiger partial charge < -0.3 is 15.2 Å². The van der Waals surface area contributed by atoms with Gasteiger partial charge in [0.15, 0.2) is 0 Å². The van der Waals surface area contributed by atoms with E-state index in [-0.39, 0.29) is 18.4 Å². The number of hydrogen-bond donors (Lipinski definition) is 2. The number of carbonyl (C=O) groups excluding carboxylic acids is 2. The summed E-state index contributed by atoms with van der Waals surface area (Å²) in [5.74, 6) is -0.647. The summed E-state index contributed by atoms with van der Waals surface area (Å²) in [5.41, 5.74) is 2.88. The van der Waals surface area contributed by atoms with Crippen molar-refractivity contribution < 1.29 is 14.1 Å². The van der Waals surface area contributed by atoms with E-state index in [0.29, 0.717) is 34.6 Å². The minimum Gasteiger partial charge on any atom is -0.350 e. The summed E-state index contributed by atoms with van der Waals surface area (Å²) in [5, 5.41) is 9.97. The van der Waals surface area contributed by atoms with E-state index < -0.39 is 0 Å². The smallest absolute Gasteiger partial charge is 0.259 e. The van der Waals surface area contributed by atoms with E-state index in [0.717, 1.165) is 15.3 Å². The lowest BCUT2D eigenvalue weighted by Crippen LogP contribution is -2.36. The summed E-state index contributed by atoms with van der Waals surface area (Å²) in [6, 6.07) is 15.3. The third-order valence-electron chi connectivity index (χ3n) is 4.60. The van der Waals surface area contributed by atoms with E-state index in [4.69, 9.17) is 4.52 Å². The zero-order chi connectivity index (χ0) is 21.1. The molecule has 4 rings (SSSR count). The normalized spacial score (nSPS) is 10.9. The van der Waals surface area contributed by atoms with Crippen LogP contribution >= 0.6 is 11.3 Å². The Morgan fingerprint density at radius 1 is 1.07 bits per heavy atom. The predicted octanol–water partition coefficient (Wildman–Crippen LogP) is 3.61. The van der Waals surface area contributed by atoms with Crippen LogP contribution in [0.15, 0.2) is 53.1 Å². The van der Waals surface area contributed by atoms with Crippen LogP contribution in [0.5, 0.6) is 0 Å². The van der Waals surface area contributed by atoms with Crippen LogP contribution in [0.25, 0.3) is 21.7 Å². The van der Waals surface area contributed by atoms with E-state index in [2.05, 4.69) is 20.8 Å². The highest BCUT2D eigenvalue weighted by atomic mass is 32.1. The van der Waals surface area contributed by atoms with Gasteiger partial charge in [-0.05, 0) is 37.6 Å². The van der Waals surface area contributed by atoms with Crippen LogP contribution in [-0.2, 0) is 11.3 Å². The molecule has 3 aromatic heterocycles. The molecule has 0 aliphatic rings. The minimum absolute atomic E-state index is 0.132. The van der Waals surface area contributed by atoms with Crippen molar-refractivity contribution in [3.8, 4) is 10.6 Å². The van der Waals surface area contributed by atoms with Crippen LogP contribution in [0.3, 0.4) is 0 Å². The van der Waals surface area contributed by atoms with Crippen molar-refractivity contribution in [3.63, 3.8) is 0 Å². The van der Waals surface area contributed by atoms with Crippen LogP contribution in [0.2, 0.25) is 0 Å². The molecule has 3 heterocycles. The number of thiophene rings is 1. The number of nitrogens with one attached hydrogen (secondary N) is 2. The third-order valence-corrected chi connectivity index (χ3v) is 5.62. The van der Waals surface area contributed by atoms with E-state index in [1.165, 1.54) is 0 Å². The summed E-state index contributed by atoms with van der Waals surface area (Å²) in [6.45, 7) is 4.04. The Morgan fingerprint density at radius 3 is 2.60 bits per heavy atom. The highest BCUT2D eigenvalue weighted by Gasteiger charge is 2.20.